The van der Waals surface area contributed by atoms with Crippen molar-refractivity contribution in [2.24, 2.45) is 0 Å². The van der Waals surface area contributed by atoms with Crippen LogP contribution >= 0.6 is 0 Å². The first-order chi connectivity index (χ1) is 55.2. The van der Waals surface area contributed by atoms with E-state index >= 15 is 0 Å². The van der Waals surface area contributed by atoms with Gasteiger partial charge < -0.3 is 47.7 Å². The topological polar surface area (TPSA) is 198 Å². The molecule has 0 saturated heterocycles. The molecule has 0 unspecified atom stereocenters. The van der Waals surface area contributed by atoms with Crippen LogP contribution in [0.1, 0.15) is 154 Å². The van der Waals surface area contributed by atoms with Gasteiger partial charge in [-0.1, -0.05) is 128 Å². The van der Waals surface area contributed by atoms with E-state index in [1.54, 1.807) is 0 Å². The lowest BCUT2D eigenvalue weighted by Crippen LogP contribution is -2.04. The van der Waals surface area contributed by atoms with Crippen molar-refractivity contribution in [3.8, 4) is 121 Å². The van der Waals surface area contributed by atoms with E-state index in [1.807, 2.05) is 224 Å². The number of unbranched alkanes of at least 4 members (excludes halogenated alkanes) is 13. The molecule has 11 aromatic rings. The van der Waals surface area contributed by atoms with E-state index in [-0.39, 0.29) is 19.8 Å². The third-order valence-corrected chi connectivity index (χ3v) is 19.3. The van der Waals surface area contributed by atoms with Crippen molar-refractivity contribution in [2.45, 2.75) is 135 Å². The molecule has 0 radical (unpaired) electrons. The summed E-state index contributed by atoms with van der Waals surface area (Å²) >= 11 is 0. The summed E-state index contributed by atoms with van der Waals surface area (Å²) in [6, 6.07) is 89.6. The van der Waals surface area contributed by atoms with E-state index in [0.717, 1.165) is 194 Å². The Bertz CT molecular complexity index is 4260. The maximum Gasteiger partial charge on any atom is 0.123 e. The van der Waals surface area contributed by atoms with Crippen LogP contribution in [-0.2, 0) is 26.2 Å². The lowest BCUT2D eigenvalue weighted by Gasteiger charge is -2.15. The van der Waals surface area contributed by atoms with Crippen molar-refractivity contribution in [2.75, 3.05) is 46.2 Å². The van der Waals surface area contributed by atoms with Crippen LogP contribution in [0.4, 0.5) is 0 Å². The van der Waals surface area contributed by atoms with Gasteiger partial charge in [0.15, 0.2) is 0 Å². The Morgan fingerprint density at radius 3 is 0.652 bits per heavy atom. The summed E-state index contributed by atoms with van der Waals surface area (Å²) in [6.07, 6.45) is 17.7. The largest absolute Gasteiger partial charge is 0.494 e. The minimum absolute atomic E-state index is 0.208. The van der Waals surface area contributed by atoms with Gasteiger partial charge in [0.25, 0.3) is 0 Å². The first-order valence-corrected chi connectivity index (χ1v) is 39.3. The molecule has 11 rings (SSSR count). The lowest BCUT2D eigenvalue weighted by molar-refractivity contribution is 0.267. The zero-order valence-electron chi connectivity index (χ0n) is 63.9. The van der Waals surface area contributed by atoms with E-state index < -0.39 is 0 Å². The average Bonchev–Trinajstić information content (AvgIpc) is 0.867. The van der Waals surface area contributed by atoms with Crippen molar-refractivity contribution in [1.82, 2.24) is 0 Å². The number of nitriles is 4. The fourth-order valence-corrected chi connectivity index (χ4v) is 13.0. The summed E-state index contributed by atoms with van der Waals surface area (Å²) in [6.45, 7) is 4.27. The Balaban J connectivity index is 0.660. The highest BCUT2D eigenvalue weighted by molar-refractivity contribution is 5.68. The van der Waals surface area contributed by atoms with Gasteiger partial charge in [-0.3, -0.25) is 0 Å². The summed E-state index contributed by atoms with van der Waals surface area (Å²) in [5.41, 5.74) is 14.9. The molecule has 0 fully saturated rings. The van der Waals surface area contributed by atoms with Crippen molar-refractivity contribution in [3.63, 3.8) is 0 Å². The van der Waals surface area contributed by atoms with Gasteiger partial charge in [-0.25, -0.2) is 0 Å². The second-order valence-corrected chi connectivity index (χ2v) is 27.9. The Morgan fingerprint density at radius 2 is 0.402 bits per heavy atom. The fraction of sp³-hybridized carbons (Fsp3) is 0.286. The highest BCUT2D eigenvalue weighted by Gasteiger charge is 2.13. The van der Waals surface area contributed by atoms with Crippen LogP contribution in [0.2, 0.25) is 0 Å². The van der Waals surface area contributed by atoms with Gasteiger partial charge in [-0.15, -0.1) is 0 Å². The van der Waals surface area contributed by atoms with Crippen LogP contribution in [0.5, 0.6) is 51.7 Å². The van der Waals surface area contributed by atoms with Gasteiger partial charge in [0.2, 0.25) is 0 Å². The van der Waals surface area contributed by atoms with Crippen molar-refractivity contribution >= 4 is 0 Å². The van der Waals surface area contributed by atoms with E-state index in [4.69, 9.17) is 42.6 Å². The number of ether oxygens (including phenoxy) is 9. The van der Waals surface area contributed by atoms with E-state index in [2.05, 4.69) is 48.5 Å². The third-order valence-electron chi connectivity index (χ3n) is 19.3. The minimum Gasteiger partial charge on any atom is -0.494 e. The van der Waals surface area contributed by atoms with Gasteiger partial charge in [-0.05, 0) is 284 Å². The second-order valence-electron chi connectivity index (χ2n) is 27.9. The lowest BCUT2D eigenvalue weighted by atomic mass is 10.0. The highest BCUT2D eigenvalue weighted by Crippen LogP contribution is 2.33. The number of aryl methyl sites for hydroxylation is 1. The number of hydrogen-bond donors (Lipinski definition) is 1. The molecular formula is C98H98N4O10. The number of nitrogens with zero attached hydrogens (tertiary/aromatic N) is 4. The molecule has 14 nitrogen and oxygen atoms in total. The van der Waals surface area contributed by atoms with Gasteiger partial charge in [0.05, 0.1) is 99.4 Å². The molecule has 0 aliphatic heterocycles. The summed E-state index contributed by atoms with van der Waals surface area (Å²) in [5.74, 6) is 6.40. The first-order valence-electron chi connectivity index (χ1n) is 39.3. The molecule has 1 N–H and O–H groups in total. The van der Waals surface area contributed by atoms with Crippen LogP contribution in [0, 0.1) is 45.3 Å². The third kappa shape index (κ3) is 27.0. The predicted octanol–water partition coefficient (Wildman–Crippen LogP) is 23.1. The van der Waals surface area contributed by atoms with E-state index in [1.165, 1.54) is 5.56 Å². The summed E-state index contributed by atoms with van der Waals surface area (Å²) < 4.78 is 57.0. The molecule has 0 atom stereocenters. The van der Waals surface area contributed by atoms with Gasteiger partial charge in [-0.2, -0.15) is 21.0 Å². The number of hydrogen-bond acceptors (Lipinski definition) is 14. The van der Waals surface area contributed by atoms with E-state index in [0.29, 0.717) is 103 Å². The summed E-state index contributed by atoms with van der Waals surface area (Å²) in [5, 5.41) is 47.3. The molecule has 0 aliphatic rings. The monoisotopic (exact) mass is 1490 g/mol. The molecule has 0 aliphatic carbocycles. The SMILES string of the molecule is N#Cc1ccc(-c2ccc(CCCCCCCOc3cc(COc4cc(CO)cc(OCc5cc(OCCCCCCOc6ccc(-c7ccc(C#N)cc7)cc6)cc(OCCCCCCOc6ccc(-c7ccc(C#N)cc7)cc6)c5)c4)cc(OCCCCCCOc4ccc(-c5ccc(C#N)cc5)cc4)c3)cc2)cc1. The Hall–Kier alpha value is -12.5. The molecular weight excluding hydrogens is 1390 g/mol. The fourth-order valence-electron chi connectivity index (χ4n) is 13.0. The summed E-state index contributed by atoms with van der Waals surface area (Å²) in [7, 11) is 0. The zero-order chi connectivity index (χ0) is 77.4. The minimum atomic E-state index is -0.208. The number of aliphatic hydroxyl groups is 1. The van der Waals surface area contributed by atoms with Crippen LogP contribution in [0.15, 0.2) is 249 Å². The predicted molar refractivity (Wildman–Crippen MR) is 441 cm³/mol. The first kappa shape index (κ1) is 80.6. The molecule has 0 spiro atoms. The molecule has 570 valence electrons. The standard InChI is InChI=1S/C98H98N4O10/c99-67-75-21-31-83(32-22-75)82-29-19-74(20-30-82)18-10-2-1-3-11-54-107-93-60-80(61-94(64-93)108-55-15-7-4-12-51-104-90-45-39-87(40-46-90)84-33-23-76(68-100)24-34-84)72-111-97-58-79(71-103)59-98(66-97)112-73-81-62-95(109-56-16-8-5-13-52-105-91-47-41-88(42-48-91)85-35-25-77(69-101)26-36-85)65-96(63-81)110-57-17-9-6-14-53-106-92-49-43-89(44-50-92)86-37-27-78(70-102)28-38-86/h19-50,58-66,103H,1-18,51-57,71-73H2. The smallest absolute Gasteiger partial charge is 0.123 e. The Morgan fingerprint density at radius 1 is 0.196 bits per heavy atom. The van der Waals surface area contributed by atoms with Gasteiger partial charge in [0.1, 0.15) is 65.0 Å². The maximum absolute atomic E-state index is 10.5. The molecule has 0 amide bonds. The van der Waals surface area contributed by atoms with Crippen LogP contribution < -0.4 is 42.6 Å². The van der Waals surface area contributed by atoms with Crippen LogP contribution in [0.3, 0.4) is 0 Å². The molecule has 0 heterocycles. The average molecular weight is 1490 g/mol. The Kier molecular flexibility index (Phi) is 32.3. The van der Waals surface area contributed by atoms with Crippen LogP contribution in [-0.4, -0.2) is 51.4 Å². The van der Waals surface area contributed by atoms with Crippen LogP contribution in [0.25, 0.3) is 44.5 Å². The summed E-state index contributed by atoms with van der Waals surface area (Å²) in [4.78, 5) is 0. The quantitative estimate of drug-likeness (QED) is 0.0353. The number of benzene rings is 11. The van der Waals surface area contributed by atoms with Crippen molar-refractivity contribution < 1.29 is 47.7 Å². The van der Waals surface area contributed by atoms with Crippen molar-refractivity contribution in [3.05, 3.63) is 293 Å². The molecule has 11 aromatic carbocycles. The maximum atomic E-state index is 10.5. The normalized spacial score (nSPS) is 10.8. The molecule has 0 saturated carbocycles. The van der Waals surface area contributed by atoms with Gasteiger partial charge in [0, 0.05) is 18.2 Å². The van der Waals surface area contributed by atoms with Gasteiger partial charge >= 0.3 is 0 Å². The molecule has 14 heteroatoms. The second kappa shape index (κ2) is 44.9. The molecule has 112 heavy (non-hydrogen) atoms. The van der Waals surface area contributed by atoms with Crippen molar-refractivity contribution in [1.29, 1.82) is 21.0 Å². The highest BCUT2D eigenvalue weighted by atomic mass is 16.5. The zero-order valence-corrected chi connectivity index (χ0v) is 63.9. The number of rotatable bonds is 47. The molecule has 0 aromatic heterocycles. The number of aliphatic hydroxyl groups excluding tert-OH is 1. The molecule has 0 bridgehead atoms. The Labute approximate surface area is 660 Å². The van der Waals surface area contributed by atoms with E-state index in [9.17, 15) is 26.2 Å².